The Labute approximate surface area is 102 Å². The van der Waals surface area contributed by atoms with E-state index in [4.69, 9.17) is 0 Å². The molecule has 86 valence electrons. The van der Waals surface area contributed by atoms with Crippen molar-refractivity contribution in [1.82, 2.24) is 4.98 Å². The Bertz CT molecular complexity index is 242. The number of thiazole rings is 1. The molecule has 0 bridgehead atoms. The first-order valence-electron chi connectivity index (χ1n) is 6.18. The molecule has 0 N–H and O–H groups in total. The summed E-state index contributed by atoms with van der Waals surface area (Å²) in [6, 6.07) is 0. The fraction of sp³-hybridized carbons (Fsp3) is 0.750. The van der Waals surface area contributed by atoms with Crippen molar-refractivity contribution in [3.8, 4) is 0 Å². The van der Waals surface area contributed by atoms with Crippen LogP contribution in [0.3, 0.4) is 0 Å². The summed E-state index contributed by atoms with van der Waals surface area (Å²) < 4.78 is 6.30. The zero-order valence-electron chi connectivity index (χ0n) is 10.3. The van der Waals surface area contributed by atoms with Crippen LogP contribution in [0.25, 0.3) is 0 Å². The summed E-state index contributed by atoms with van der Waals surface area (Å²) in [7, 11) is 0. The predicted octanol–water partition coefficient (Wildman–Crippen LogP) is 4.03. The summed E-state index contributed by atoms with van der Waals surface area (Å²) in [5.74, 6) is 0. The Balaban J connectivity index is 2.90. The van der Waals surface area contributed by atoms with Gasteiger partial charge < -0.3 is 0 Å². The van der Waals surface area contributed by atoms with E-state index < -0.39 is 18.4 Å². The van der Waals surface area contributed by atoms with Crippen molar-refractivity contribution in [3.63, 3.8) is 0 Å². The Kier molecular flexibility index (Phi) is 6.20. The Morgan fingerprint density at radius 3 is 1.93 bits per heavy atom. The van der Waals surface area contributed by atoms with Gasteiger partial charge in [0, 0.05) is 0 Å². The molecule has 0 saturated carbocycles. The summed E-state index contributed by atoms with van der Waals surface area (Å²) in [5.41, 5.74) is 2.03. The van der Waals surface area contributed by atoms with E-state index in [0.29, 0.717) is 0 Å². The zero-order valence-corrected chi connectivity index (χ0v) is 13.9. The third kappa shape index (κ3) is 3.45. The van der Waals surface area contributed by atoms with Gasteiger partial charge >= 0.3 is 103 Å². The molecule has 0 radical (unpaired) electrons. The van der Waals surface area contributed by atoms with Crippen LogP contribution in [0.4, 0.5) is 0 Å². The molecule has 15 heavy (non-hydrogen) atoms. The van der Waals surface area contributed by atoms with Crippen molar-refractivity contribution in [3.05, 3.63) is 11.7 Å². The summed E-state index contributed by atoms with van der Waals surface area (Å²) in [6.45, 7) is 7.04. The molecule has 0 aromatic carbocycles. The normalized spacial score (nSPS) is 11.9. The van der Waals surface area contributed by atoms with Gasteiger partial charge in [-0.15, -0.1) is 0 Å². The quantitative estimate of drug-likeness (QED) is 0.687. The third-order valence-electron chi connectivity index (χ3n) is 3.14. The van der Waals surface area contributed by atoms with E-state index in [1.54, 1.807) is 2.89 Å². The molecule has 0 spiro atoms. The van der Waals surface area contributed by atoms with Crippen molar-refractivity contribution >= 4 is 32.6 Å². The first-order chi connectivity index (χ1) is 7.29. The molecule has 1 aromatic rings. The average Bonchev–Trinajstić information content (AvgIpc) is 2.72. The first-order valence-corrected chi connectivity index (χ1v) is 14.5. The van der Waals surface area contributed by atoms with Crippen LogP contribution in [0.15, 0.2) is 11.7 Å². The number of nitrogens with zero attached hydrogens (tertiary/aromatic N) is 1. The van der Waals surface area contributed by atoms with Crippen LogP contribution < -0.4 is 2.89 Å². The number of aromatic nitrogens is 1. The third-order valence-corrected chi connectivity index (χ3v) is 23.5. The molecule has 0 aliphatic rings. The maximum atomic E-state index is 4.31. The summed E-state index contributed by atoms with van der Waals surface area (Å²) >= 11 is -0.0472. The molecule has 0 unspecified atom stereocenters. The molecule has 0 amide bonds. The minimum atomic E-state index is -1.98. The Morgan fingerprint density at radius 2 is 1.60 bits per heavy atom. The molecule has 1 heterocycles. The fourth-order valence-electron chi connectivity index (χ4n) is 2.66. The summed E-state index contributed by atoms with van der Waals surface area (Å²) in [4.78, 5) is 4.31. The van der Waals surface area contributed by atoms with E-state index in [1.807, 2.05) is 16.8 Å². The predicted molar refractivity (Wildman–Crippen MR) is 72.8 cm³/mol. The van der Waals surface area contributed by atoms with Gasteiger partial charge in [-0.25, -0.2) is 0 Å². The zero-order chi connectivity index (χ0) is 11.1. The maximum absolute atomic E-state index is 4.31. The Hall–Kier alpha value is 0.429. The molecule has 0 aliphatic carbocycles. The summed E-state index contributed by atoms with van der Waals surface area (Å²) in [6.07, 6.45) is 6.29. The SMILES string of the molecule is CC[CH2][Sn]([CH2]CC)([CH2]CC)[c]1cncs1. The van der Waals surface area contributed by atoms with Gasteiger partial charge in [-0.2, -0.15) is 0 Å². The van der Waals surface area contributed by atoms with E-state index in [0.717, 1.165) is 0 Å². The molecule has 0 aliphatic heterocycles. The topological polar surface area (TPSA) is 12.9 Å². The average molecular weight is 332 g/mol. The first kappa shape index (κ1) is 13.5. The monoisotopic (exact) mass is 333 g/mol. The van der Waals surface area contributed by atoms with Gasteiger partial charge in [0.2, 0.25) is 0 Å². The number of hydrogen-bond donors (Lipinski definition) is 0. The van der Waals surface area contributed by atoms with Crippen LogP contribution in [-0.2, 0) is 0 Å². The van der Waals surface area contributed by atoms with E-state index in [2.05, 4.69) is 32.0 Å². The Morgan fingerprint density at radius 1 is 1.07 bits per heavy atom. The van der Waals surface area contributed by atoms with Crippen LogP contribution in [-0.4, -0.2) is 23.4 Å². The van der Waals surface area contributed by atoms with Crippen LogP contribution in [0.1, 0.15) is 40.0 Å². The molecule has 0 fully saturated rings. The fourth-order valence-corrected chi connectivity index (χ4v) is 21.4. The van der Waals surface area contributed by atoms with Crippen LogP contribution in [0, 0.1) is 0 Å². The van der Waals surface area contributed by atoms with Crippen molar-refractivity contribution in [1.29, 1.82) is 0 Å². The minimum absolute atomic E-state index is 1.37. The molecule has 1 nitrogen and oxygen atoms in total. The number of hydrogen-bond acceptors (Lipinski definition) is 2. The van der Waals surface area contributed by atoms with Crippen LogP contribution >= 0.6 is 11.3 Å². The van der Waals surface area contributed by atoms with Gasteiger partial charge in [0.05, 0.1) is 0 Å². The molecule has 1 rings (SSSR count). The van der Waals surface area contributed by atoms with Crippen LogP contribution in [0.5, 0.6) is 0 Å². The van der Waals surface area contributed by atoms with E-state index in [-0.39, 0.29) is 0 Å². The van der Waals surface area contributed by atoms with E-state index in [9.17, 15) is 0 Å². The van der Waals surface area contributed by atoms with Crippen molar-refractivity contribution in [2.45, 2.75) is 53.3 Å². The van der Waals surface area contributed by atoms with Crippen LogP contribution in [0.2, 0.25) is 13.3 Å². The van der Waals surface area contributed by atoms with Gasteiger partial charge in [-0.3, -0.25) is 0 Å². The van der Waals surface area contributed by atoms with Gasteiger partial charge in [-0.1, -0.05) is 0 Å². The molecular weight excluding hydrogens is 309 g/mol. The van der Waals surface area contributed by atoms with Gasteiger partial charge in [-0.05, 0) is 0 Å². The van der Waals surface area contributed by atoms with Gasteiger partial charge in [0.15, 0.2) is 0 Å². The van der Waals surface area contributed by atoms with Crippen molar-refractivity contribution in [2.24, 2.45) is 0 Å². The van der Waals surface area contributed by atoms with Gasteiger partial charge in [0.25, 0.3) is 0 Å². The molecule has 1 aromatic heterocycles. The molecule has 0 saturated heterocycles. The van der Waals surface area contributed by atoms with Crippen molar-refractivity contribution < 1.29 is 0 Å². The molecule has 3 heteroatoms. The second kappa shape index (κ2) is 6.89. The van der Waals surface area contributed by atoms with Crippen molar-refractivity contribution in [2.75, 3.05) is 0 Å². The standard InChI is InChI=1S/C3H2NS.3C3H7.Sn/c1-2-5-3-4-1;3*1-3-2;/h1,3H;3*1,3H2,2H3;. The second-order valence-corrected chi connectivity index (χ2v) is 19.4. The second-order valence-electron chi connectivity index (χ2n) is 4.40. The molecule has 0 atom stereocenters. The number of rotatable bonds is 7. The summed E-state index contributed by atoms with van der Waals surface area (Å²) in [5, 5.41) is 0. The van der Waals surface area contributed by atoms with E-state index in [1.165, 1.54) is 32.6 Å². The van der Waals surface area contributed by atoms with E-state index >= 15 is 0 Å². The molecular formula is C12H23NSSn. The van der Waals surface area contributed by atoms with Gasteiger partial charge in [0.1, 0.15) is 0 Å².